The van der Waals surface area contributed by atoms with E-state index >= 15 is 0 Å². The van der Waals surface area contributed by atoms with E-state index in [1.807, 2.05) is 11.8 Å². The zero-order chi connectivity index (χ0) is 18.4. The molecule has 0 N–H and O–H groups in total. The second-order valence-corrected chi connectivity index (χ2v) is 9.66. The van der Waals surface area contributed by atoms with Crippen LogP contribution in [0.1, 0.15) is 65.2 Å². The van der Waals surface area contributed by atoms with Crippen LogP contribution in [-0.2, 0) is 4.74 Å². The first-order valence-corrected chi connectivity index (χ1v) is 10.8. The molecule has 4 rings (SSSR count). The third-order valence-electron chi connectivity index (χ3n) is 8.15. The van der Waals surface area contributed by atoms with Gasteiger partial charge in [-0.25, -0.2) is 4.79 Å². The van der Waals surface area contributed by atoms with Gasteiger partial charge in [-0.1, -0.05) is 0 Å². The number of hydrogen-bond donors (Lipinski definition) is 0. The van der Waals surface area contributed by atoms with Crippen LogP contribution in [0.2, 0.25) is 0 Å². The molecule has 0 unspecified atom stereocenters. The summed E-state index contributed by atoms with van der Waals surface area (Å²) in [5.74, 6) is 0. The van der Waals surface area contributed by atoms with Gasteiger partial charge in [0.05, 0.1) is 6.61 Å². The molecule has 0 aromatic heterocycles. The lowest BCUT2D eigenvalue weighted by Crippen LogP contribution is -2.59. The van der Waals surface area contributed by atoms with Crippen molar-refractivity contribution in [1.82, 2.24) is 14.7 Å². The van der Waals surface area contributed by atoms with E-state index in [1.54, 1.807) is 0 Å². The van der Waals surface area contributed by atoms with Crippen molar-refractivity contribution in [3.8, 4) is 0 Å². The van der Waals surface area contributed by atoms with Gasteiger partial charge in [0.1, 0.15) is 0 Å². The van der Waals surface area contributed by atoms with E-state index in [0.29, 0.717) is 17.6 Å². The summed E-state index contributed by atoms with van der Waals surface area (Å²) in [5, 5.41) is 0. The molecule has 0 radical (unpaired) electrons. The first-order chi connectivity index (χ1) is 12.4. The third-order valence-corrected chi connectivity index (χ3v) is 8.15. The van der Waals surface area contributed by atoms with Gasteiger partial charge in [-0.15, -0.1) is 0 Å². The van der Waals surface area contributed by atoms with Gasteiger partial charge in [-0.2, -0.15) is 0 Å². The first kappa shape index (κ1) is 18.5. The van der Waals surface area contributed by atoms with Crippen LogP contribution in [0.5, 0.6) is 0 Å². The molecule has 5 heteroatoms. The predicted molar refractivity (Wildman–Crippen MR) is 103 cm³/mol. The lowest BCUT2D eigenvalue weighted by atomic mass is 9.64. The van der Waals surface area contributed by atoms with E-state index < -0.39 is 0 Å². The molecule has 1 amide bonds. The Morgan fingerprint density at radius 3 is 2.42 bits per heavy atom. The highest BCUT2D eigenvalue weighted by Crippen LogP contribution is 2.50. The number of piperidine rings is 1. The second kappa shape index (κ2) is 6.97. The molecule has 4 aliphatic rings. The van der Waals surface area contributed by atoms with Gasteiger partial charge in [0.2, 0.25) is 0 Å². The molecule has 0 aromatic carbocycles. The van der Waals surface area contributed by atoms with E-state index in [-0.39, 0.29) is 6.09 Å². The van der Waals surface area contributed by atoms with Crippen LogP contribution in [0.3, 0.4) is 0 Å². The standard InChI is InChI=1S/C21H37N3O2/c1-4-26-19(25)24-13-10-21(16-24)14-18(15-21)23-11-6-17(7-12-23)22(3)20(2)8-5-9-20/h17-18H,4-16H2,1-3H3. The second-order valence-electron chi connectivity index (χ2n) is 9.66. The van der Waals surface area contributed by atoms with Crippen molar-refractivity contribution in [2.24, 2.45) is 5.41 Å². The molecule has 148 valence electrons. The van der Waals surface area contributed by atoms with E-state index in [0.717, 1.165) is 25.2 Å². The molecule has 2 saturated carbocycles. The van der Waals surface area contributed by atoms with Gasteiger partial charge in [0, 0.05) is 30.7 Å². The Labute approximate surface area is 159 Å². The average Bonchev–Trinajstić information content (AvgIpc) is 3.04. The minimum atomic E-state index is -0.110. The fourth-order valence-corrected chi connectivity index (χ4v) is 5.96. The number of nitrogens with zero attached hydrogens (tertiary/aromatic N) is 3. The monoisotopic (exact) mass is 363 g/mol. The predicted octanol–water partition coefficient (Wildman–Crippen LogP) is 3.34. The molecule has 2 aliphatic carbocycles. The highest BCUT2D eigenvalue weighted by molar-refractivity contribution is 5.68. The maximum atomic E-state index is 12.0. The number of rotatable bonds is 4. The van der Waals surface area contributed by atoms with Gasteiger partial charge in [0.25, 0.3) is 0 Å². The molecule has 2 saturated heterocycles. The Morgan fingerprint density at radius 2 is 1.85 bits per heavy atom. The molecule has 0 aromatic rings. The van der Waals surface area contributed by atoms with Crippen LogP contribution in [-0.4, -0.2) is 78.2 Å². The minimum Gasteiger partial charge on any atom is -0.450 e. The Balaban J connectivity index is 1.22. The van der Waals surface area contributed by atoms with Gasteiger partial charge < -0.3 is 14.5 Å². The maximum Gasteiger partial charge on any atom is 0.409 e. The normalized spacial score (nSPS) is 34.8. The molecular weight excluding hydrogens is 326 g/mol. The van der Waals surface area contributed by atoms with Crippen LogP contribution in [0.15, 0.2) is 0 Å². The summed E-state index contributed by atoms with van der Waals surface area (Å²) in [6.07, 6.45) is 10.4. The van der Waals surface area contributed by atoms with E-state index in [2.05, 4.69) is 23.8 Å². The molecule has 2 aliphatic heterocycles. The smallest absolute Gasteiger partial charge is 0.409 e. The number of carbonyl (C=O) groups excluding carboxylic acids is 1. The Morgan fingerprint density at radius 1 is 1.15 bits per heavy atom. The van der Waals surface area contributed by atoms with Crippen molar-refractivity contribution < 1.29 is 9.53 Å². The van der Waals surface area contributed by atoms with Gasteiger partial charge >= 0.3 is 6.09 Å². The quantitative estimate of drug-likeness (QED) is 0.767. The lowest BCUT2D eigenvalue weighted by molar-refractivity contribution is -0.0392. The van der Waals surface area contributed by atoms with Gasteiger partial charge in [-0.3, -0.25) is 4.90 Å². The summed E-state index contributed by atoms with van der Waals surface area (Å²) in [6.45, 7) is 9.13. The van der Waals surface area contributed by atoms with Crippen molar-refractivity contribution >= 4 is 6.09 Å². The largest absolute Gasteiger partial charge is 0.450 e. The van der Waals surface area contributed by atoms with Crippen molar-refractivity contribution in [3.05, 3.63) is 0 Å². The number of ether oxygens (including phenoxy) is 1. The van der Waals surface area contributed by atoms with E-state index in [1.165, 1.54) is 64.5 Å². The molecular formula is C21H37N3O2. The van der Waals surface area contributed by atoms with Crippen molar-refractivity contribution in [1.29, 1.82) is 0 Å². The van der Waals surface area contributed by atoms with Gasteiger partial charge in [-0.05, 0) is 90.8 Å². The number of amides is 1. The minimum absolute atomic E-state index is 0.110. The highest BCUT2D eigenvalue weighted by Gasteiger charge is 2.51. The van der Waals surface area contributed by atoms with Crippen molar-refractivity contribution in [3.63, 3.8) is 0 Å². The molecule has 1 spiro atoms. The summed E-state index contributed by atoms with van der Waals surface area (Å²) in [7, 11) is 2.36. The maximum absolute atomic E-state index is 12.0. The zero-order valence-corrected chi connectivity index (χ0v) is 17.0. The van der Waals surface area contributed by atoms with Crippen molar-refractivity contribution in [2.45, 2.75) is 82.8 Å². The Kier molecular flexibility index (Phi) is 4.98. The van der Waals surface area contributed by atoms with Crippen molar-refractivity contribution in [2.75, 3.05) is 39.8 Å². The Bertz CT molecular complexity index is 519. The van der Waals surface area contributed by atoms with E-state index in [4.69, 9.17) is 4.74 Å². The fraction of sp³-hybridized carbons (Fsp3) is 0.952. The number of hydrogen-bond acceptors (Lipinski definition) is 4. The van der Waals surface area contributed by atoms with Crippen LogP contribution < -0.4 is 0 Å². The summed E-state index contributed by atoms with van der Waals surface area (Å²) >= 11 is 0. The molecule has 5 nitrogen and oxygen atoms in total. The topological polar surface area (TPSA) is 36.0 Å². The first-order valence-electron chi connectivity index (χ1n) is 10.8. The summed E-state index contributed by atoms with van der Waals surface area (Å²) in [4.78, 5) is 19.3. The zero-order valence-electron chi connectivity index (χ0n) is 17.0. The summed E-state index contributed by atoms with van der Waals surface area (Å²) in [6, 6.07) is 1.53. The average molecular weight is 364 g/mol. The van der Waals surface area contributed by atoms with Crippen LogP contribution in [0.4, 0.5) is 4.79 Å². The lowest BCUT2D eigenvalue weighted by Gasteiger charge is -2.54. The molecule has 4 fully saturated rings. The molecule has 0 atom stereocenters. The number of carbonyl (C=O) groups is 1. The summed E-state index contributed by atoms with van der Waals surface area (Å²) in [5.41, 5.74) is 0.873. The summed E-state index contributed by atoms with van der Waals surface area (Å²) < 4.78 is 5.18. The molecule has 26 heavy (non-hydrogen) atoms. The highest BCUT2D eigenvalue weighted by atomic mass is 16.6. The van der Waals surface area contributed by atoms with Crippen LogP contribution >= 0.6 is 0 Å². The SMILES string of the molecule is CCOC(=O)N1CCC2(CC(N3CCC(N(C)C4(C)CCC4)CC3)C2)C1. The van der Waals surface area contributed by atoms with E-state index in [9.17, 15) is 4.79 Å². The third kappa shape index (κ3) is 3.26. The fourth-order valence-electron chi connectivity index (χ4n) is 5.96. The molecule has 0 bridgehead atoms. The number of likely N-dealkylation sites (tertiary alicyclic amines) is 2. The molecule has 2 heterocycles. The van der Waals surface area contributed by atoms with Crippen LogP contribution in [0, 0.1) is 5.41 Å². The van der Waals surface area contributed by atoms with Gasteiger partial charge in [0.15, 0.2) is 0 Å². The Hall–Kier alpha value is -0.810. The van der Waals surface area contributed by atoms with Crippen LogP contribution in [0.25, 0.3) is 0 Å².